The van der Waals surface area contributed by atoms with E-state index in [4.69, 9.17) is 4.74 Å². The fourth-order valence-corrected chi connectivity index (χ4v) is 3.75. The third kappa shape index (κ3) is 2.07. The third-order valence-electron chi connectivity index (χ3n) is 5.51. The van der Waals surface area contributed by atoms with Crippen molar-refractivity contribution in [2.75, 3.05) is 0 Å². The summed E-state index contributed by atoms with van der Waals surface area (Å²) in [7, 11) is 0. The van der Waals surface area contributed by atoms with Gasteiger partial charge in [-0.15, -0.1) is 0 Å². The lowest BCUT2D eigenvalue weighted by Crippen LogP contribution is -2.38. The first-order valence-corrected chi connectivity index (χ1v) is 6.80. The van der Waals surface area contributed by atoms with Crippen LogP contribution in [-0.4, -0.2) is 23.0 Å². The number of carbonyl (C=O) groups excluding carboxylic acids is 2. The van der Waals surface area contributed by atoms with Gasteiger partial charge in [0.2, 0.25) is 5.76 Å². The van der Waals surface area contributed by atoms with E-state index in [9.17, 15) is 14.7 Å². The van der Waals surface area contributed by atoms with Crippen molar-refractivity contribution in [1.29, 1.82) is 0 Å². The lowest BCUT2D eigenvalue weighted by molar-refractivity contribution is -0.155. The fourth-order valence-electron chi connectivity index (χ4n) is 3.75. The monoisotopic (exact) mass is 266 g/mol. The summed E-state index contributed by atoms with van der Waals surface area (Å²) in [5, 5.41) is 9.50. The molecule has 0 spiro atoms. The molecule has 0 heterocycles. The Morgan fingerprint density at radius 2 is 1.95 bits per heavy atom. The van der Waals surface area contributed by atoms with Crippen molar-refractivity contribution in [2.24, 2.45) is 16.7 Å². The number of rotatable bonds is 3. The van der Waals surface area contributed by atoms with E-state index < -0.39 is 11.7 Å². The molecule has 0 aromatic rings. The molecule has 2 bridgehead atoms. The highest BCUT2D eigenvalue weighted by Gasteiger charge is 2.62. The number of esters is 1. The Morgan fingerprint density at radius 1 is 1.32 bits per heavy atom. The molecular formula is C15H22O4. The number of allylic oxidation sites excluding steroid dienone is 1. The molecule has 0 amide bonds. The second-order valence-electron chi connectivity index (χ2n) is 6.64. The Bertz CT molecular complexity index is 449. The van der Waals surface area contributed by atoms with Crippen LogP contribution < -0.4 is 0 Å². The van der Waals surface area contributed by atoms with Crippen LogP contribution in [0.4, 0.5) is 0 Å². The molecule has 106 valence electrons. The Hall–Kier alpha value is -1.32. The van der Waals surface area contributed by atoms with Crippen LogP contribution in [0.3, 0.4) is 0 Å². The van der Waals surface area contributed by atoms with Crippen molar-refractivity contribution in [3.05, 3.63) is 11.8 Å². The second-order valence-corrected chi connectivity index (χ2v) is 6.64. The SMILES string of the molecule is CC(=O)C=C(O)C(=O)OC1CC2CCC1(C)C2(C)C. The summed E-state index contributed by atoms with van der Waals surface area (Å²) in [5.41, 5.74) is 0.113. The van der Waals surface area contributed by atoms with E-state index in [0.717, 1.165) is 18.9 Å². The predicted octanol–water partition coefficient (Wildman–Crippen LogP) is 2.78. The normalized spacial score (nSPS) is 36.3. The van der Waals surface area contributed by atoms with E-state index in [0.29, 0.717) is 5.92 Å². The Balaban J connectivity index is 2.10. The van der Waals surface area contributed by atoms with Crippen LogP contribution in [0.2, 0.25) is 0 Å². The lowest BCUT2D eigenvalue weighted by Gasteiger charge is -2.38. The molecule has 2 fully saturated rings. The van der Waals surface area contributed by atoms with E-state index in [-0.39, 0.29) is 22.7 Å². The van der Waals surface area contributed by atoms with E-state index in [1.54, 1.807) is 0 Å². The second kappa shape index (κ2) is 4.36. The number of hydrogen-bond acceptors (Lipinski definition) is 4. The fraction of sp³-hybridized carbons (Fsp3) is 0.733. The van der Waals surface area contributed by atoms with Gasteiger partial charge in [0.15, 0.2) is 5.78 Å². The van der Waals surface area contributed by atoms with Gasteiger partial charge in [-0.3, -0.25) is 4.79 Å². The molecule has 3 unspecified atom stereocenters. The van der Waals surface area contributed by atoms with Gasteiger partial charge in [-0.2, -0.15) is 0 Å². The van der Waals surface area contributed by atoms with Crippen molar-refractivity contribution < 1.29 is 19.4 Å². The zero-order chi connectivity index (χ0) is 14.4. The molecule has 2 aliphatic rings. The minimum Gasteiger partial charge on any atom is -0.502 e. The molecule has 2 rings (SSSR count). The minimum atomic E-state index is -0.787. The van der Waals surface area contributed by atoms with Crippen LogP contribution in [0.25, 0.3) is 0 Å². The summed E-state index contributed by atoms with van der Waals surface area (Å²) in [6, 6.07) is 0. The number of aliphatic hydroxyl groups is 1. The minimum absolute atomic E-state index is 0.0379. The molecule has 2 saturated carbocycles. The van der Waals surface area contributed by atoms with Crippen LogP contribution in [0.15, 0.2) is 11.8 Å². The highest BCUT2D eigenvalue weighted by atomic mass is 16.6. The van der Waals surface area contributed by atoms with Gasteiger partial charge >= 0.3 is 5.97 Å². The van der Waals surface area contributed by atoms with Gasteiger partial charge in [-0.25, -0.2) is 4.79 Å². The maximum Gasteiger partial charge on any atom is 0.373 e. The molecule has 4 nitrogen and oxygen atoms in total. The van der Waals surface area contributed by atoms with E-state index in [1.165, 1.54) is 13.3 Å². The average molecular weight is 266 g/mol. The van der Waals surface area contributed by atoms with Crippen LogP contribution >= 0.6 is 0 Å². The summed E-state index contributed by atoms with van der Waals surface area (Å²) >= 11 is 0. The van der Waals surface area contributed by atoms with Crippen molar-refractivity contribution in [3.8, 4) is 0 Å². The van der Waals surface area contributed by atoms with Gasteiger partial charge in [0, 0.05) is 11.5 Å². The van der Waals surface area contributed by atoms with Crippen LogP contribution in [-0.2, 0) is 14.3 Å². The van der Waals surface area contributed by atoms with Crippen LogP contribution in [0.5, 0.6) is 0 Å². The number of carbonyl (C=O) groups is 2. The molecule has 3 atom stereocenters. The molecule has 0 radical (unpaired) electrons. The lowest BCUT2D eigenvalue weighted by atomic mass is 9.70. The first kappa shape index (κ1) is 14.1. The highest BCUT2D eigenvalue weighted by molar-refractivity contribution is 5.96. The van der Waals surface area contributed by atoms with E-state index >= 15 is 0 Å². The Morgan fingerprint density at radius 3 is 2.37 bits per heavy atom. The maximum absolute atomic E-state index is 11.8. The largest absolute Gasteiger partial charge is 0.502 e. The molecule has 0 aromatic carbocycles. The Kier molecular flexibility index (Phi) is 3.23. The van der Waals surface area contributed by atoms with E-state index in [1.807, 2.05) is 0 Å². The molecule has 19 heavy (non-hydrogen) atoms. The van der Waals surface area contributed by atoms with Crippen molar-refractivity contribution in [2.45, 2.75) is 53.1 Å². The zero-order valence-corrected chi connectivity index (χ0v) is 12.0. The number of fused-ring (bicyclic) bond motifs is 2. The summed E-state index contributed by atoms with van der Waals surface area (Å²) in [6.07, 6.45) is 3.80. The maximum atomic E-state index is 11.8. The number of ether oxygens (including phenoxy) is 1. The molecular weight excluding hydrogens is 244 g/mol. The summed E-state index contributed by atoms with van der Waals surface area (Å²) in [5.74, 6) is -1.19. The third-order valence-corrected chi connectivity index (χ3v) is 5.51. The molecule has 0 aliphatic heterocycles. The van der Waals surface area contributed by atoms with Gasteiger partial charge < -0.3 is 9.84 Å². The quantitative estimate of drug-likeness (QED) is 0.484. The molecule has 0 aromatic heterocycles. The first-order valence-electron chi connectivity index (χ1n) is 6.80. The van der Waals surface area contributed by atoms with Crippen molar-refractivity contribution >= 4 is 11.8 Å². The van der Waals surface area contributed by atoms with Gasteiger partial charge in [0.25, 0.3) is 0 Å². The molecule has 1 N–H and O–H groups in total. The number of hydrogen-bond donors (Lipinski definition) is 1. The first-order chi connectivity index (χ1) is 8.68. The standard InChI is InChI=1S/C15H22O4/c1-9(16)7-11(17)13(18)19-12-8-10-5-6-15(12,4)14(10,2)3/h7,10,12,17H,5-6,8H2,1-4H3. The van der Waals surface area contributed by atoms with Gasteiger partial charge in [0.05, 0.1) is 0 Å². The summed E-state index contributed by atoms with van der Waals surface area (Å²) in [6.45, 7) is 7.89. The van der Waals surface area contributed by atoms with Crippen LogP contribution in [0, 0.1) is 16.7 Å². The summed E-state index contributed by atoms with van der Waals surface area (Å²) in [4.78, 5) is 22.6. The average Bonchev–Trinajstić information content (AvgIpc) is 2.61. The van der Waals surface area contributed by atoms with Crippen molar-refractivity contribution in [1.82, 2.24) is 0 Å². The van der Waals surface area contributed by atoms with Gasteiger partial charge in [-0.1, -0.05) is 20.8 Å². The number of ketones is 1. The van der Waals surface area contributed by atoms with E-state index in [2.05, 4.69) is 20.8 Å². The predicted molar refractivity (Wildman–Crippen MR) is 70.5 cm³/mol. The van der Waals surface area contributed by atoms with Crippen LogP contribution in [0.1, 0.15) is 47.0 Å². The van der Waals surface area contributed by atoms with Crippen molar-refractivity contribution in [3.63, 3.8) is 0 Å². The van der Waals surface area contributed by atoms with Gasteiger partial charge in [-0.05, 0) is 37.5 Å². The zero-order valence-electron chi connectivity index (χ0n) is 12.0. The highest BCUT2D eigenvalue weighted by Crippen LogP contribution is 2.66. The van der Waals surface area contributed by atoms with Gasteiger partial charge in [0.1, 0.15) is 6.10 Å². The smallest absolute Gasteiger partial charge is 0.373 e. The topological polar surface area (TPSA) is 63.6 Å². The summed E-state index contributed by atoms with van der Waals surface area (Å²) < 4.78 is 5.44. The molecule has 2 aliphatic carbocycles. The Labute approximate surface area is 113 Å². The number of aliphatic hydroxyl groups excluding tert-OH is 1. The molecule has 4 heteroatoms. The molecule has 0 saturated heterocycles.